The molecule has 0 radical (unpaired) electrons. The standard InChI is InChI=1S/C12H13N3/c1-2-11(14)10-7-15-12-4-3-8(6-13)5-9(10)12/h3-5,7,11,15H,2,14H2,1H3/t11-/m1/s1. The summed E-state index contributed by atoms with van der Waals surface area (Å²) < 4.78 is 0. The smallest absolute Gasteiger partial charge is 0.0991 e. The summed E-state index contributed by atoms with van der Waals surface area (Å²) in [6, 6.07) is 7.78. The molecule has 15 heavy (non-hydrogen) atoms. The molecule has 0 aliphatic carbocycles. The van der Waals surface area contributed by atoms with E-state index in [9.17, 15) is 0 Å². The summed E-state index contributed by atoms with van der Waals surface area (Å²) in [6.45, 7) is 2.05. The summed E-state index contributed by atoms with van der Waals surface area (Å²) in [6.07, 6.45) is 2.82. The molecule has 2 rings (SSSR count). The van der Waals surface area contributed by atoms with E-state index in [-0.39, 0.29) is 6.04 Å². The largest absolute Gasteiger partial charge is 0.361 e. The highest BCUT2D eigenvalue weighted by molar-refractivity contribution is 5.85. The van der Waals surface area contributed by atoms with Crippen LogP contribution in [0, 0.1) is 11.3 Å². The van der Waals surface area contributed by atoms with Crippen LogP contribution < -0.4 is 5.73 Å². The fourth-order valence-electron chi connectivity index (χ4n) is 1.74. The van der Waals surface area contributed by atoms with Crippen molar-refractivity contribution in [2.45, 2.75) is 19.4 Å². The van der Waals surface area contributed by atoms with Gasteiger partial charge >= 0.3 is 0 Å². The molecule has 0 unspecified atom stereocenters. The number of rotatable bonds is 2. The van der Waals surface area contributed by atoms with Crippen LogP contribution >= 0.6 is 0 Å². The van der Waals surface area contributed by atoms with Gasteiger partial charge in [-0.25, -0.2) is 0 Å². The second-order valence-corrected chi connectivity index (χ2v) is 3.63. The van der Waals surface area contributed by atoms with Crippen molar-refractivity contribution < 1.29 is 0 Å². The number of aromatic amines is 1. The van der Waals surface area contributed by atoms with Crippen molar-refractivity contribution in [1.82, 2.24) is 4.98 Å². The Morgan fingerprint density at radius 3 is 3.00 bits per heavy atom. The molecular formula is C12H13N3. The first-order valence-corrected chi connectivity index (χ1v) is 5.03. The minimum atomic E-state index is 0.0349. The molecule has 3 heteroatoms. The van der Waals surface area contributed by atoms with Crippen LogP contribution in [0.3, 0.4) is 0 Å². The van der Waals surface area contributed by atoms with Gasteiger partial charge in [-0.3, -0.25) is 0 Å². The van der Waals surface area contributed by atoms with Gasteiger partial charge < -0.3 is 10.7 Å². The first-order chi connectivity index (χ1) is 7.26. The van der Waals surface area contributed by atoms with Crippen LogP contribution in [-0.4, -0.2) is 4.98 Å². The van der Waals surface area contributed by atoms with Gasteiger partial charge in [0.15, 0.2) is 0 Å². The lowest BCUT2D eigenvalue weighted by Gasteiger charge is -2.06. The normalized spacial score (nSPS) is 12.6. The highest BCUT2D eigenvalue weighted by atomic mass is 14.7. The molecule has 1 atom stereocenters. The molecule has 3 nitrogen and oxygen atoms in total. The van der Waals surface area contributed by atoms with Crippen LogP contribution in [0.2, 0.25) is 0 Å². The zero-order chi connectivity index (χ0) is 10.8. The van der Waals surface area contributed by atoms with Gasteiger partial charge in [-0.05, 0) is 30.2 Å². The Balaban J connectivity index is 2.62. The van der Waals surface area contributed by atoms with Crippen molar-refractivity contribution in [2.75, 3.05) is 0 Å². The van der Waals surface area contributed by atoms with Crippen molar-refractivity contribution in [1.29, 1.82) is 5.26 Å². The lowest BCUT2D eigenvalue weighted by Crippen LogP contribution is -2.07. The molecule has 0 aliphatic rings. The number of H-pyrrole nitrogens is 1. The van der Waals surface area contributed by atoms with Gasteiger partial charge in [0, 0.05) is 23.1 Å². The average Bonchev–Trinajstić information content (AvgIpc) is 2.70. The second-order valence-electron chi connectivity index (χ2n) is 3.63. The second kappa shape index (κ2) is 3.76. The molecule has 0 bridgehead atoms. The number of nitriles is 1. The molecule has 0 saturated carbocycles. The Morgan fingerprint density at radius 2 is 2.33 bits per heavy atom. The molecule has 1 aromatic carbocycles. The minimum Gasteiger partial charge on any atom is -0.361 e. The van der Waals surface area contributed by atoms with Crippen LogP contribution in [0.15, 0.2) is 24.4 Å². The van der Waals surface area contributed by atoms with Crippen molar-refractivity contribution in [3.63, 3.8) is 0 Å². The van der Waals surface area contributed by atoms with Crippen molar-refractivity contribution in [2.24, 2.45) is 5.73 Å². The number of nitrogens with zero attached hydrogens (tertiary/aromatic N) is 1. The summed E-state index contributed by atoms with van der Waals surface area (Å²) in [5.74, 6) is 0. The Labute approximate surface area is 88.5 Å². The van der Waals surface area contributed by atoms with E-state index in [4.69, 9.17) is 11.0 Å². The topological polar surface area (TPSA) is 65.6 Å². The fourth-order valence-corrected chi connectivity index (χ4v) is 1.74. The van der Waals surface area contributed by atoms with E-state index in [1.165, 1.54) is 0 Å². The Hall–Kier alpha value is -1.79. The van der Waals surface area contributed by atoms with Gasteiger partial charge in [-0.15, -0.1) is 0 Å². The third-order valence-corrected chi connectivity index (χ3v) is 2.68. The van der Waals surface area contributed by atoms with Gasteiger partial charge in [-0.2, -0.15) is 5.26 Å². The number of fused-ring (bicyclic) bond motifs is 1. The van der Waals surface area contributed by atoms with Crippen molar-refractivity contribution in [3.8, 4) is 6.07 Å². The lowest BCUT2D eigenvalue weighted by atomic mass is 10.0. The zero-order valence-corrected chi connectivity index (χ0v) is 8.62. The maximum Gasteiger partial charge on any atom is 0.0991 e. The first kappa shape index (κ1) is 9.75. The quantitative estimate of drug-likeness (QED) is 0.780. The number of benzene rings is 1. The van der Waals surface area contributed by atoms with Gasteiger partial charge in [0.05, 0.1) is 11.6 Å². The summed E-state index contributed by atoms with van der Waals surface area (Å²) in [5, 5.41) is 9.89. The SMILES string of the molecule is CC[C@@H](N)c1c[nH]c2ccc(C#N)cc12. The van der Waals surface area contributed by atoms with Crippen LogP contribution in [0.1, 0.15) is 30.5 Å². The number of nitrogens with two attached hydrogens (primary N) is 1. The van der Waals surface area contributed by atoms with Gasteiger partial charge in [-0.1, -0.05) is 6.92 Å². The van der Waals surface area contributed by atoms with Gasteiger partial charge in [0.25, 0.3) is 0 Å². The molecule has 0 amide bonds. The highest BCUT2D eigenvalue weighted by Crippen LogP contribution is 2.25. The van der Waals surface area contributed by atoms with Crippen LogP contribution in [0.5, 0.6) is 0 Å². The molecule has 76 valence electrons. The predicted molar refractivity (Wildman–Crippen MR) is 60.2 cm³/mol. The highest BCUT2D eigenvalue weighted by Gasteiger charge is 2.09. The monoisotopic (exact) mass is 199 g/mol. The summed E-state index contributed by atoms with van der Waals surface area (Å²) in [5.41, 5.74) is 8.79. The summed E-state index contributed by atoms with van der Waals surface area (Å²) >= 11 is 0. The van der Waals surface area contributed by atoms with Crippen molar-refractivity contribution in [3.05, 3.63) is 35.5 Å². The molecule has 0 spiro atoms. The molecule has 3 N–H and O–H groups in total. The van der Waals surface area contributed by atoms with Crippen LogP contribution in [-0.2, 0) is 0 Å². The third-order valence-electron chi connectivity index (χ3n) is 2.68. The van der Waals surface area contributed by atoms with Gasteiger partial charge in [0.2, 0.25) is 0 Å². The summed E-state index contributed by atoms with van der Waals surface area (Å²) in [4.78, 5) is 3.17. The molecule has 0 aliphatic heterocycles. The van der Waals surface area contributed by atoms with E-state index < -0.39 is 0 Å². The van der Waals surface area contributed by atoms with E-state index in [1.54, 1.807) is 6.07 Å². The van der Waals surface area contributed by atoms with E-state index in [0.29, 0.717) is 5.56 Å². The van der Waals surface area contributed by atoms with Gasteiger partial charge in [0.1, 0.15) is 0 Å². The Bertz CT molecular complexity index is 519. The van der Waals surface area contributed by atoms with E-state index in [2.05, 4.69) is 18.0 Å². The molecule has 1 aromatic heterocycles. The maximum atomic E-state index is 8.83. The molecule has 1 heterocycles. The fraction of sp³-hybridized carbons (Fsp3) is 0.250. The van der Waals surface area contributed by atoms with E-state index >= 15 is 0 Å². The molecular weight excluding hydrogens is 186 g/mol. The van der Waals surface area contributed by atoms with E-state index in [0.717, 1.165) is 22.9 Å². The van der Waals surface area contributed by atoms with E-state index in [1.807, 2.05) is 18.3 Å². The molecule has 0 saturated heterocycles. The Morgan fingerprint density at radius 1 is 1.53 bits per heavy atom. The lowest BCUT2D eigenvalue weighted by molar-refractivity contribution is 0.704. The molecule has 0 fully saturated rings. The van der Waals surface area contributed by atoms with Crippen molar-refractivity contribution >= 4 is 10.9 Å². The Kier molecular flexibility index (Phi) is 2.44. The third kappa shape index (κ3) is 1.60. The maximum absolute atomic E-state index is 8.83. The predicted octanol–water partition coefficient (Wildman–Crippen LogP) is 2.45. The summed E-state index contributed by atoms with van der Waals surface area (Å²) in [7, 11) is 0. The number of nitrogens with one attached hydrogen (secondary N) is 1. The first-order valence-electron chi connectivity index (χ1n) is 5.03. The zero-order valence-electron chi connectivity index (χ0n) is 8.62. The number of aromatic nitrogens is 1. The number of hydrogen-bond acceptors (Lipinski definition) is 2. The van der Waals surface area contributed by atoms with Crippen LogP contribution in [0.25, 0.3) is 10.9 Å². The average molecular weight is 199 g/mol. The minimum absolute atomic E-state index is 0.0349. The molecule has 2 aromatic rings. The number of hydrogen-bond donors (Lipinski definition) is 2. The van der Waals surface area contributed by atoms with Crippen LogP contribution in [0.4, 0.5) is 0 Å².